The number of aliphatic imine (C=N–C) groups is 2. The number of nitrogens with zero attached hydrogens (tertiary/aromatic N) is 5. The van der Waals surface area contributed by atoms with Gasteiger partial charge < -0.3 is 20.3 Å². The van der Waals surface area contributed by atoms with Gasteiger partial charge in [0, 0.05) is 47.5 Å². The number of aromatic nitrogens is 1. The van der Waals surface area contributed by atoms with Crippen molar-refractivity contribution in [3.63, 3.8) is 0 Å². The number of pyridine rings is 1. The van der Waals surface area contributed by atoms with Crippen molar-refractivity contribution in [3.8, 4) is 17.1 Å². The maximum atomic E-state index is 6.32. The summed E-state index contributed by atoms with van der Waals surface area (Å²) in [5.41, 5.74) is 2.72. The Morgan fingerprint density at radius 2 is 1.74 bits per heavy atom. The molecule has 0 saturated carbocycles. The zero-order valence-corrected chi connectivity index (χ0v) is 23.7. The third kappa shape index (κ3) is 9.06. The summed E-state index contributed by atoms with van der Waals surface area (Å²) in [6.07, 6.45) is 7.53. The predicted octanol–water partition coefficient (Wildman–Crippen LogP) is 4.34. The quantitative estimate of drug-likeness (QED) is 0.527. The van der Waals surface area contributed by atoms with Gasteiger partial charge >= 0.3 is 0 Å². The highest BCUT2D eigenvalue weighted by molar-refractivity contribution is 6.35. The number of piperidine rings is 1. The van der Waals surface area contributed by atoms with Gasteiger partial charge in [-0.3, -0.25) is 14.9 Å². The highest BCUT2D eigenvalue weighted by Crippen LogP contribution is 2.29. The second-order valence-corrected chi connectivity index (χ2v) is 10.7. The van der Waals surface area contributed by atoms with Gasteiger partial charge in [0.1, 0.15) is 0 Å². The van der Waals surface area contributed by atoms with Gasteiger partial charge in [0.05, 0.1) is 31.3 Å². The molecular formula is C28H37Cl2N7O. The molecule has 2 aliphatic rings. The monoisotopic (exact) mass is 557 g/mol. The van der Waals surface area contributed by atoms with Crippen LogP contribution >= 0.6 is 23.2 Å². The van der Waals surface area contributed by atoms with Crippen molar-refractivity contribution in [2.24, 2.45) is 15.9 Å². The molecule has 0 amide bonds. The Balaban J connectivity index is 1.59. The molecule has 4 rings (SSSR count). The maximum absolute atomic E-state index is 6.32. The molecule has 3 heterocycles. The molecule has 1 aromatic carbocycles. The smallest absolute Gasteiger partial charge is 0.220 e. The number of ether oxygens (including phenoxy) is 1. The normalized spacial score (nSPS) is 18.4. The minimum Gasteiger partial charge on any atom is -0.436 e. The number of benzene rings is 1. The summed E-state index contributed by atoms with van der Waals surface area (Å²) in [6.45, 7) is 7.16. The highest BCUT2D eigenvalue weighted by Gasteiger charge is 2.19. The lowest BCUT2D eigenvalue weighted by atomic mass is 9.96. The first kappa shape index (κ1) is 28.5. The van der Waals surface area contributed by atoms with Gasteiger partial charge in [0.2, 0.25) is 5.88 Å². The summed E-state index contributed by atoms with van der Waals surface area (Å²) in [5, 5.41) is 7.52. The SMILES string of the molecule is CNCC1CCN(Cc2cc(OC3=CNC=NCCN(C)CCN=C3)nc(-c3cc(Cl)cc(Cl)c3)c2)CC1. The van der Waals surface area contributed by atoms with Crippen molar-refractivity contribution in [1.82, 2.24) is 25.4 Å². The molecule has 2 aliphatic heterocycles. The summed E-state index contributed by atoms with van der Waals surface area (Å²) < 4.78 is 6.26. The first-order valence-corrected chi connectivity index (χ1v) is 13.9. The van der Waals surface area contributed by atoms with Crippen LogP contribution in [0.25, 0.3) is 11.3 Å². The first-order chi connectivity index (χ1) is 18.5. The zero-order valence-electron chi connectivity index (χ0n) is 22.2. The van der Waals surface area contributed by atoms with Crippen LogP contribution in [0, 0.1) is 5.92 Å². The summed E-state index contributed by atoms with van der Waals surface area (Å²) >= 11 is 12.6. The van der Waals surface area contributed by atoms with Crippen LogP contribution in [0.2, 0.25) is 10.0 Å². The Morgan fingerprint density at radius 1 is 1.00 bits per heavy atom. The second kappa shape index (κ2) is 14.6. The Morgan fingerprint density at radius 3 is 2.47 bits per heavy atom. The van der Waals surface area contributed by atoms with E-state index in [-0.39, 0.29) is 0 Å². The molecule has 38 heavy (non-hydrogen) atoms. The van der Waals surface area contributed by atoms with Crippen molar-refractivity contribution < 1.29 is 4.74 Å². The summed E-state index contributed by atoms with van der Waals surface area (Å²) in [4.78, 5) is 18.5. The predicted molar refractivity (Wildman–Crippen MR) is 158 cm³/mol. The van der Waals surface area contributed by atoms with Crippen molar-refractivity contribution >= 4 is 35.8 Å². The van der Waals surface area contributed by atoms with Gasteiger partial charge in [0.15, 0.2) is 5.76 Å². The number of likely N-dealkylation sites (N-methyl/N-ethyl adjacent to an activating group) is 1. The van der Waals surface area contributed by atoms with Crippen LogP contribution in [-0.4, -0.2) is 87.2 Å². The van der Waals surface area contributed by atoms with E-state index in [0.29, 0.717) is 28.2 Å². The summed E-state index contributed by atoms with van der Waals surface area (Å²) in [6, 6.07) is 9.57. The molecule has 0 radical (unpaired) electrons. The molecule has 1 fully saturated rings. The van der Waals surface area contributed by atoms with Crippen LogP contribution in [0.3, 0.4) is 0 Å². The molecule has 1 saturated heterocycles. The lowest BCUT2D eigenvalue weighted by molar-refractivity contribution is 0.176. The fraction of sp³-hybridized carbons (Fsp3) is 0.464. The molecule has 2 aromatic rings. The lowest BCUT2D eigenvalue weighted by Gasteiger charge is -2.32. The van der Waals surface area contributed by atoms with E-state index in [1.54, 1.807) is 24.8 Å². The Kier molecular flexibility index (Phi) is 11.0. The standard InChI is InChI=1S/C28H37Cl2N7O/c1-31-16-21-3-7-37(8-4-21)19-22-11-27(23-13-24(29)15-25(30)14-23)35-28(12-22)38-26-17-32-5-9-36(2)10-6-33-20-34-18-26/h11-15,17-18,20-21,31H,3-10,16,19H2,1-2H3,(H,33,34). The van der Waals surface area contributed by atoms with Crippen molar-refractivity contribution in [2.75, 3.05) is 59.9 Å². The minimum absolute atomic E-state index is 0.485. The van der Waals surface area contributed by atoms with Crippen LogP contribution in [0.4, 0.5) is 0 Å². The van der Waals surface area contributed by atoms with Crippen LogP contribution in [0.5, 0.6) is 5.88 Å². The van der Waals surface area contributed by atoms with Crippen LogP contribution in [0.1, 0.15) is 18.4 Å². The van der Waals surface area contributed by atoms with Gasteiger partial charge in [-0.25, -0.2) is 4.98 Å². The number of allylic oxidation sites excluding steroid dienone is 1. The Hall–Kier alpha value is -2.49. The van der Waals surface area contributed by atoms with E-state index >= 15 is 0 Å². The first-order valence-electron chi connectivity index (χ1n) is 13.1. The zero-order chi connectivity index (χ0) is 26.7. The van der Waals surface area contributed by atoms with E-state index in [2.05, 4.69) is 43.5 Å². The molecule has 1 aromatic heterocycles. The van der Waals surface area contributed by atoms with Crippen molar-refractivity contribution in [2.45, 2.75) is 19.4 Å². The van der Waals surface area contributed by atoms with Crippen LogP contribution < -0.4 is 15.4 Å². The van der Waals surface area contributed by atoms with Gasteiger partial charge in [-0.1, -0.05) is 23.2 Å². The van der Waals surface area contributed by atoms with Crippen molar-refractivity contribution in [1.29, 1.82) is 0 Å². The fourth-order valence-electron chi connectivity index (χ4n) is 4.62. The number of nitrogens with one attached hydrogen (secondary N) is 2. The molecule has 204 valence electrons. The van der Waals surface area contributed by atoms with E-state index in [1.807, 2.05) is 25.2 Å². The van der Waals surface area contributed by atoms with Gasteiger partial charge in [-0.05, 0) is 82.3 Å². The third-order valence-corrected chi connectivity index (χ3v) is 7.12. The summed E-state index contributed by atoms with van der Waals surface area (Å²) in [7, 11) is 4.09. The van der Waals surface area contributed by atoms with Crippen LogP contribution in [-0.2, 0) is 6.54 Å². The maximum Gasteiger partial charge on any atom is 0.220 e. The molecule has 0 spiro atoms. The Labute approximate surface area is 235 Å². The molecule has 0 aliphatic carbocycles. The van der Waals surface area contributed by atoms with E-state index < -0.39 is 0 Å². The van der Waals surface area contributed by atoms with E-state index in [1.165, 1.54) is 12.8 Å². The average Bonchev–Trinajstić information content (AvgIpc) is 2.88. The second-order valence-electron chi connectivity index (χ2n) is 9.82. The molecule has 10 heteroatoms. The Bertz CT molecular complexity index is 1130. The number of hydrogen-bond acceptors (Lipinski definition) is 8. The van der Waals surface area contributed by atoms with E-state index in [9.17, 15) is 0 Å². The number of halogens is 2. The number of likely N-dealkylation sites (tertiary alicyclic amines) is 1. The fourth-order valence-corrected chi connectivity index (χ4v) is 5.15. The van der Waals surface area contributed by atoms with Gasteiger partial charge in [0.25, 0.3) is 0 Å². The molecule has 0 atom stereocenters. The molecule has 8 nitrogen and oxygen atoms in total. The third-order valence-electron chi connectivity index (χ3n) is 6.68. The average molecular weight is 559 g/mol. The summed E-state index contributed by atoms with van der Waals surface area (Å²) in [5.74, 6) is 1.77. The van der Waals surface area contributed by atoms with Crippen LogP contribution in [0.15, 0.2) is 52.3 Å². The molecular weight excluding hydrogens is 521 g/mol. The topological polar surface area (TPSA) is 77.4 Å². The molecule has 2 N–H and O–H groups in total. The minimum atomic E-state index is 0.485. The lowest BCUT2D eigenvalue weighted by Crippen LogP contribution is -2.36. The van der Waals surface area contributed by atoms with Crippen molar-refractivity contribution in [3.05, 3.63) is 57.9 Å². The number of hydrogen-bond donors (Lipinski definition) is 2. The largest absolute Gasteiger partial charge is 0.436 e. The molecule has 0 bridgehead atoms. The van der Waals surface area contributed by atoms with E-state index in [0.717, 1.165) is 68.6 Å². The highest BCUT2D eigenvalue weighted by atomic mass is 35.5. The van der Waals surface area contributed by atoms with E-state index in [4.69, 9.17) is 32.9 Å². The van der Waals surface area contributed by atoms with Gasteiger partial charge in [-0.2, -0.15) is 0 Å². The number of rotatable bonds is 7. The van der Waals surface area contributed by atoms with Gasteiger partial charge in [-0.15, -0.1) is 0 Å². The molecule has 0 unspecified atom stereocenters.